The van der Waals surface area contributed by atoms with Crippen molar-refractivity contribution in [3.05, 3.63) is 82.1 Å². The second kappa shape index (κ2) is 5.44. The SMILES string of the molecule is CC12CC=c3ccc(-c4ccccc4)c4ccc(c1c34)=CC=C2B(O)O. The van der Waals surface area contributed by atoms with Gasteiger partial charge in [0.05, 0.1) is 0 Å². The van der Waals surface area contributed by atoms with Crippen LogP contribution in [0.2, 0.25) is 0 Å². The van der Waals surface area contributed by atoms with Crippen LogP contribution in [0.25, 0.3) is 34.1 Å². The molecule has 0 saturated heterocycles. The van der Waals surface area contributed by atoms with Crippen molar-refractivity contribution >= 4 is 30.0 Å². The summed E-state index contributed by atoms with van der Waals surface area (Å²) in [5, 5.41) is 24.8. The Labute approximate surface area is 152 Å². The summed E-state index contributed by atoms with van der Waals surface area (Å²) in [4.78, 5) is 0. The van der Waals surface area contributed by atoms with Crippen LogP contribution in [0.5, 0.6) is 0 Å². The van der Waals surface area contributed by atoms with Crippen LogP contribution in [-0.4, -0.2) is 17.2 Å². The monoisotopic (exact) mass is 338 g/mol. The van der Waals surface area contributed by atoms with Crippen LogP contribution >= 0.6 is 0 Å². The van der Waals surface area contributed by atoms with Crippen molar-refractivity contribution in [1.29, 1.82) is 0 Å². The molecule has 0 spiro atoms. The van der Waals surface area contributed by atoms with Gasteiger partial charge in [-0.3, -0.25) is 0 Å². The Morgan fingerprint density at radius 3 is 2.42 bits per heavy atom. The Morgan fingerprint density at radius 2 is 1.65 bits per heavy atom. The van der Waals surface area contributed by atoms with Gasteiger partial charge >= 0.3 is 7.12 Å². The molecule has 2 aliphatic rings. The summed E-state index contributed by atoms with van der Waals surface area (Å²) in [6, 6.07) is 19.2. The number of hydrogen-bond acceptors (Lipinski definition) is 2. The third-order valence-corrected chi connectivity index (χ3v) is 5.97. The van der Waals surface area contributed by atoms with Crippen molar-refractivity contribution < 1.29 is 10.0 Å². The highest BCUT2D eigenvalue weighted by Crippen LogP contribution is 2.42. The van der Waals surface area contributed by atoms with E-state index in [1.54, 1.807) is 0 Å². The Bertz CT molecular complexity index is 1190. The van der Waals surface area contributed by atoms with Crippen molar-refractivity contribution in [2.75, 3.05) is 0 Å². The summed E-state index contributed by atoms with van der Waals surface area (Å²) in [5.74, 6) is 0. The van der Waals surface area contributed by atoms with Gasteiger partial charge < -0.3 is 10.0 Å². The molecule has 0 amide bonds. The van der Waals surface area contributed by atoms with E-state index in [1.165, 1.54) is 37.9 Å². The lowest BCUT2D eigenvalue weighted by Crippen LogP contribution is -2.42. The summed E-state index contributed by atoms with van der Waals surface area (Å²) < 4.78 is 0. The minimum absolute atomic E-state index is 0.389. The zero-order valence-electron chi connectivity index (χ0n) is 14.6. The van der Waals surface area contributed by atoms with Gasteiger partial charge in [0.15, 0.2) is 0 Å². The van der Waals surface area contributed by atoms with Gasteiger partial charge in [0.25, 0.3) is 0 Å². The first-order valence-electron chi connectivity index (χ1n) is 9.00. The van der Waals surface area contributed by atoms with Gasteiger partial charge in [-0.2, -0.15) is 0 Å². The highest BCUT2D eigenvalue weighted by Gasteiger charge is 2.40. The number of benzene rings is 3. The average molecular weight is 338 g/mol. The molecule has 0 fully saturated rings. The molecule has 2 nitrogen and oxygen atoms in total. The van der Waals surface area contributed by atoms with E-state index in [0.717, 1.165) is 6.42 Å². The van der Waals surface area contributed by atoms with Crippen LogP contribution in [0.4, 0.5) is 0 Å². The van der Waals surface area contributed by atoms with Crippen molar-refractivity contribution in [3.8, 4) is 11.1 Å². The fraction of sp³-hybridized carbons (Fsp3) is 0.130. The van der Waals surface area contributed by atoms with E-state index in [-0.39, 0.29) is 5.41 Å². The lowest BCUT2D eigenvalue weighted by molar-refractivity contribution is 0.403. The molecule has 126 valence electrons. The van der Waals surface area contributed by atoms with Crippen molar-refractivity contribution in [2.45, 2.75) is 18.8 Å². The molecule has 2 aliphatic carbocycles. The van der Waals surface area contributed by atoms with Gasteiger partial charge in [0, 0.05) is 5.41 Å². The van der Waals surface area contributed by atoms with Crippen LogP contribution < -0.4 is 10.4 Å². The number of rotatable bonds is 2. The Hall–Kier alpha value is -2.62. The number of hydrogen-bond donors (Lipinski definition) is 2. The maximum atomic E-state index is 9.95. The van der Waals surface area contributed by atoms with Gasteiger partial charge in [-0.25, -0.2) is 0 Å². The van der Waals surface area contributed by atoms with E-state index in [4.69, 9.17) is 0 Å². The van der Waals surface area contributed by atoms with E-state index in [0.29, 0.717) is 5.47 Å². The van der Waals surface area contributed by atoms with Crippen LogP contribution in [0.1, 0.15) is 18.9 Å². The van der Waals surface area contributed by atoms with Gasteiger partial charge in [0.2, 0.25) is 0 Å². The largest absolute Gasteiger partial charge is 0.485 e. The summed E-state index contributed by atoms with van der Waals surface area (Å²) in [6.07, 6.45) is 6.89. The van der Waals surface area contributed by atoms with Crippen LogP contribution in [0.3, 0.4) is 0 Å². The zero-order chi connectivity index (χ0) is 17.9. The molecule has 3 aromatic carbocycles. The maximum absolute atomic E-state index is 9.95. The van der Waals surface area contributed by atoms with E-state index in [1.807, 2.05) is 18.2 Å². The van der Waals surface area contributed by atoms with Gasteiger partial charge in [-0.05, 0) is 49.8 Å². The summed E-state index contributed by atoms with van der Waals surface area (Å²) >= 11 is 0. The molecule has 1 atom stereocenters. The van der Waals surface area contributed by atoms with E-state index in [9.17, 15) is 10.0 Å². The average Bonchev–Trinajstić information content (AvgIpc) is 2.66. The molecule has 3 aromatic rings. The predicted molar refractivity (Wildman–Crippen MR) is 108 cm³/mol. The molecule has 1 unspecified atom stereocenters. The molecule has 0 bridgehead atoms. The number of allylic oxidation sites excluding steroid dienone is 2. The zero-order valence-corrected chi connectivity index (χ0v) is 14.6. The molecule has 0 aromatic heterocycles. The molecule has 0 heterocycles. The standard InChI is InChI=1S/C23H19BO2/c1-23-14-13-16-7-10-18(15-5-3-2-4-6-15)19-11-8-17(22(23)21(16)19)9-12-20(23)24(25)26/h2-13,25-26H,14H2,1H3. The topological polar surface area (TPSA) is 40.5 Å². The smallest absolute Gasteiger partial charge is 0.423 e. The van der Waals surface area contributed by atoms with E-state index < -0.39 is 7.12 Å². The first-order chi connectivity index (χ1) is 12.6. The first-order valence-corrected chi connectivity index (χ1v) is 9.00. The molecular weight excluding hydrogens is 319 g/mol. The molecule has 26 heavy (non-hydrogen) atoms. The minimum atomic E-state index is -1.44. The van der Waals surface area contributed by atoms with Gasteiger partial charge in [0.1, 0.15) is 0 Å². The second-order valence-corrected chi connectivity index (χ2v) is 7.42. The first kappa shape index (κ1) is 15.6. The van der Waals surface area contributed by atoms with Gasteiger partial charge in [-0.1, -0.05) is 79.7 Å². The van der Waals surface area contributed by atoms with Crippen molar-refractivity contribution in [2.24, 2.45) is 0 Å². The van der Waals surface area contributed by atoms with Crippen LogP contribution in [0.15, 0.2) is 66.1 Å². The Balaban J connectivity index is 1.92. The van der Waals surface area contributed by atoms with E-state index in [2.05, 4.69) is 61.5 Å². The third-order valence-electron chi connectivity index (χ3n) is 5.97. The summed E-state index contributed by atoms with van der Waals surface area (Å²) in [7, 11) is -1.44. The molecular formula is C23H19BO2. The Kier molecular flexibility index (Phi) is 3.27. The normalized spacial score (nSPS) is 20.2. The fourth-order valence-corrected chi connectivity index (χ4v) is 4.68. The highest BCUT2D eigenvalue weighted by molar-refractivity contribution is 6.52. The lowest BCUT2D eigenvalue weighted by Gasteiger charge is -2.38. The predicted octanol–water partition coefficient (Wildman–Crippen LogP) is 2.68. The second-order valence-electron chi connectivity index (χ2n) is 7.42. The highest BCUT2D eigenvalue weighted by atomic mass is 16.4. The maximum Gasteiger partial charge on any atom is 0.485 e. The molecule has 0 aliphatic heterocycles. The molecule has 0 saturated carbocycles. The van der Waals surface area contributed by atoms with E-state index >= 15 is 0 Å². The van der Waals surface area contributed by atoms with Gasteiger partial charge in [-0.15, -0.1) is 0 Å². The van der Waals surface area contributed by atoms with Crippen LogP contribution in [-0.2, 0) is 5.41 Å². The van der Waals surface area contributed by atoms with Crippen molar-refractivity contribution in [3.63, 3.8) is 0 Å². The molecule has 2 N–H and O–H groups in total. The van der Waals surface area contributed by atoms with Crippen LogP contribution in [0, 0.1) is 0 Å². The third kappa shape index (κ3) is 2.02. The molecule has 3 heteroatoms. The summed E-state index contributed by atoms with van der Waals surface area (Å²) in [6.45, 7) is 2.12. The summed E-state index contributed by atoms with van der Waals surface area (Å²) in [5.41, 5.74) is 3.91. The van der Waals surface area contributed by atoms with Crippen molar-refractivity contribution in [1.82, 2.24) is 0 Å². The molecule has 0 radical (unpaired) electrons. The lowest BCUT2D eigenvalue weighted by atomic mass is 9.56. The minimum Gasteiger partial charge on any atom is -0.423 e. The Morgan fingerprint density at radius 1 is 0.885 bits per heavy atom. The quantitative estimate of drug-likeness (QED) is 0.706. The fourth-order valence-electron chi connectivity index (χ4n) is 4.68. The molecule has 5 rings (SSSR count).